The molecule has 0 amide bonds. The molecule has 0 saturated heterocycles. The van der Waals surface area contributed by atoms with Crippen LogP contribution in [0.4, 0.5) is 5.69 Å². The minimum absolute atomic E-state index is 0.425. The van der Waals surface area contributed by atoms with Crippen LogP contribution in [0, 0.1) is 6.92 Å². The van der Waals surface area contributed by atoms with E-state index in [1.807, 2.05) is 31.5 Å². The lowest BCUT2D eigenvalue weighted by Crippen LogP contribution is -2.24. The Balaban J connectivity index is 1.75. The molecule has 0 bridgehead atoms. The van der Waals surface area contributed by atoms with Gasteiger partial charge in [-0.25, -0.2) is 0 Å². The summed E-state index contributed by atoms with van der Waals surface area (Å²) < 4.78 is 1.71. The summed E-state index contributed by atoms with van der Waals surface area (Å²) in [4.78, 5) is 4.18. The quantitative estimate of drug-likeness (QED) is 0.670. The van der Waals surface area contributed by atoms with Gasteiger partial charge in [-0.2, -0.15) is 5.10 Å². The van der Waals surface area contributed by atoms with Crippen LogP contribution in [0.15, 0.2) is 48.3 Å². The Kier molecular flexibility index (Phi) is 4.52. The molecule has 0 unspecified atom stereocenters. The number of aliphatic hydroxyl groups excluding tert-OH is 1. The first-order valence-electron chi connectivity index (χ1n) is 7.86. The topological polar surface area (TPSA) is 87.0 Å². The zero-order chi connectivity index (χ0) is 17.1. The summed E-state index contributed by atoms with van der Waals surface area (Å²) in [6.45, 7) is 6.26. The highest BCUT2D eigenvalue weighted by atomic mass is 16.3. The first kappa shape index (κ1) is 16.1. The van der Waals surface area contributed by atoms with Gasteiger partial charge in [0, 0.05) is 29.9 Å². The van der Waals surface area contributed by atoms with E-state index >= 15 is 0 Å². The lowest BCUT2D eigenvalue weighted by molar-refractivity contribution is 0.168. The first-order valence-corrected chi connectivity index (χ1v) is 7.86. The smallest absolute Gasteiger partial charge is 0.0768 e. The molecule has 7 heteroatoms. The van der Waals surface area contributed by atoms with Gasteiger partial charge in [0.05, 0.1) is 35.9 Å². The number of nitrogens with zero attached hydrogens (tertiary/aromatic N) is 3. The lowest BCUT2D eigenvalue weighted by atomic mass is 10.1. The Morgan fingerprint density at radius 3 is 2.96 bits per heavy atom. The number of nitrogens with one attached hydrogen (secondary N) is 3. The number of hydrazine groups is 1. The van der Waals surface area contributed by atoms with Crippen LogP contribution in [-0.2, 0) is 6.54 Å². The second kappa shape index (κ2) is 6.76. The molecule has 1 atom stereocenters. The van der Waals surface area contributed by atoms with Crippen molar-refractivity contribution in [3.8, 4) is 0 Å². The molecule has 1 aliphatic heterocycles. The number of pyridine rings is 1. The van der Waals surface area contributed by atoms with Crippen LogP contribution in [0.5, 0.6) is 0 Å². The number of hydrogen-bond donors (Lipinski definition) is 4. The second-order valence-corrected chi connectivity index (χ2v) is 5.96. The van der Waals surface area contributed by atoms with E-state index in [2.05, 4.69) is 33.2 Å². The SMILES string of the molecule is C/C(Nc1cnn(C[C@H](C)O)c1)=C1\C=C(c2cnccc2C)NN1. The Hall–Kier alpha value is -2.80. The Morgan fingerprint density at radius 2 is 2.21 bits per heavy atom. The van der Waals surface area contributed by atoms with Crippen LogP contribution in [0.1, 0.15) is 25.0 Å². The third kappa shape index (κ3) is 3.57. The molecule has 3 heterocycles. The van der Waals surface area contributed by atoms with Gasteiger partial charge in [-0.3, -0.25) is 15.1 Å². The second-order valence-electron chi connectivity index (χ2n) is 5.96. The van der Waals surface area contributed by atoms with Gasteiger partial charge < -0.3 is 15.8 Å². The van der Waals surface area contributed by atoms with Gasteiger partial charge in [0.1, 0.15) is 0 Å². The lowest BCUT2D eigenvalue weighted by Gasteiger charge is -2.08. The summed E-state index contributed by atoms with van der Waals surface area (Å²) in [5, 5.41) is 16.9. The van der Waals surface area contributed by atoms with Crippen LogP contribution in [0.2, 0.25) is 0 Å². The van der Waals surface area contributed by atoms with E-state index in [1.54, 1.807) is 24.0 Å². The van der Waals surface area contributed by atoms with E-state index in [0.29, 0.717) is 6.54 Å². The van der Waals surface area contributed by atoms with Crippen molar-refractivity contribution in [2.45, 2.75) is 33.4 Å². The fraction of sp³-hybridized carbons (Fsp3) is 0.294. The molecule has 24 heavy (non-hydrogen) atoms. The Labute approximate surface area is 141 Å². The Bertz CT molecular complexity index is 790. The van der Waals surface area contributed by atoms with Gasteiger partial charge in [-0.1, -0.05) is 0 Å². The van der Waals surface area contributed by atoms with Crippen molar-refractivity contribution >= 4 is 11.4 Å². The summed E-state index contributed by atoms with van der Waals surface area (Å²) in [5.41, 5.74) is 12.4. The molecule has 3 rings (SSSR count). The summed E-state index contributed by atoms with van der Waals surface area (Å²) in [5.74, 6) is 0. The van der Waals surface area contributed by atoms with Crippen molar-refractivity contribution in [3.05, 3.63) is 59.5 Å². The number of hydrogen-bond acceptors (Lipinski definition) is 6. The molecule has 0 fully saturated rings. The maximum absolute atomic E-state index is 9.41. The standard InChI is InChI=1S/C17H22N6O/c1-11-4-5-18-8-15(11)17-6-16(21-22-17)13(3)20-14-7-19-23(10-14)9-12(2)24/h4-8,10,12,20-22,24H,9H2,1-3H3/b16-13-/t12-/m0/s1. The number of anilines is 1. The van der Waals surface area contributed by atoms with Crippen molar-refractivity contribution in [1.29, 1.82) is 0 Å². The van der Waals surface area contributed by atoms with E-state index in [4.69, 9.17) is 0 Å². The van der Waals surface area contributed by atoms with E-state index in [9.17, 15) is 5.11 Å². The number of aliphatic hydroxyl groups is 1. The van der Waals surface area contributed by atoms with Crippen molar-refractivity contribution < 1.29 is 5.11 Å². The number of aromatic nitrogens is 3. The molecule has 2 aromatic rings. The molecule has 7 nitrogen and oxygen atoms in total. The zero-order valence-electron chi connectivity index (χ0n) is 14.0. The maximum atomic E-state index is 9.41. The van der Waals surface area contributed by atoms with Gasteiger partial charge in [-0.15, -0.1) is 0 Å². The summed E-state index contributed by atoms with van der Waals surface area (Å²) in [7, 11) is 0. The van der Waals surface area contributed by atoms with E-state index in [0.717, 1.165) is 33.9 Å². The molecule has 0 spiro atoms. The average Bonchev–Trinajstić information content (AvgIpc) is 3.17. The van der Waals surface area contributed by atoms with E-state index in [-0.39, 0.29) is 0 Å². The van der Waals surface area contributed by atoms with Crippen LogP contribution in [0.3, 0.4) is 0 Å². The molecule has 1 aliphatic rings. The maximum Gasteiger partial charge on any atom is 0.0768 e. The third-order valence-corrected chi connectivity index (χ3v) is 3.77. The van der Waals surface area contributed by atoms with Gasteiger partial charge >= 0.3 is 0 Å². The summed E-state index contributed by atoms with van der Waals surface area (Å²) in [6.07, 6.45) is 8.87. The molecular weight excluding hydrogens is 304 g/mol. The number of aryl methyl sites for hydroxylation is 1. The number of allylic oxidation sites excluding steroid dienone is 2. The molecule has 0 saturated carbocycles. The predicted octanol–water partition coefficient (Wildman–Crippen LogP) is 1.76. The van der Waals surface area contributed by atoms with Gasteiger partial charge in [-0.05, 0) is 38.5 Å². The third-order valence-electron chi connectivity index (χ3n) is 3.77. The van der Waals surface area contributed by atoms with Gasteiger partial charge in [0.25, 0.3) is 0 Å². The van der Waals surface area contributed by atoms with E-state index in [1.165, 1.54) is 0 Å². The molecule has 2 aromatic heterocycles. The summed E-state index contributed by atoms with van der Waals surface area (Å²) >= 11 is 0. The molecule has 0 aliphatic carbocycles. The monoisotopic (exact) mass is 326 g/mol. The first-order chi connectivity index (χ1) is 11.5. The largest absolute Gasteiger partial charge is 0.391 e. The minimum atomic E-state index is -0.425. The Morgan fingerprint density at radius 1 is 1.38 bits per heavy atom. The fourth-order valence-corrected chi connectivity index (χ4v) is 2.53. The fourth-order valence-electron chi connectivity index (χ4n) is 2.53. The number of rotatable bonds is 5. The van der Waals surface area contributed by atoms with Crippen LogP contribution in [0.25, 0.3) is 5.70 Å². The van der Waals surface area contributed by atoms with Crippen LogP contribution in [-0.4, -0.2) is 26.0 Å². The van der Waals surface area contributed by atoms with Crippen molar-refractivity contribution in [2.24, 2.45) is 0 Å². The normalized spacial score (nSPS) is 16.9. The van der Waals surface area contributed by atoms with Crippen molar-refractivity contribution in [2.75, 3.05) is 5.32 Å². The predicted molar refractivity (Wildman–Crippen MR) is 93.5 cm³/mol. The average molecular weight is 326 g/mol. The van der Waals surface area contributed by atoms with Gasteiger partial charge in [0.2, 0.25) is 0 Å². The molecule has 0 aromatic carbocycles. The summed E-state index contributed by atoms with van der Waals surface area (Å²) in [6, 6.07) is 1.99. The highest BCUT2D eigenvalue weighted by Gasteiger charge is 2.14. The molecular formula is C17H22N6O. The van der Waals surface area contributed by atoms with Crippen molar-refractivity contribution in [3.63, 3.8) is 0 Å². The van der Waals surface area contributed by atoms with Crippen molar-refractivity contribution in [1.82, 2.24) is 25.6 Å². The van der Waals surface area contributed by atoms with E-state index < -0.39 is 6.10 Å². The van der Waals surface area contributed by atoms with Crippen LogP contribution >= 0.6 is 0 Å². The zero-order valence-corrected chi connectivity index (χ0v) is 14.0. The molecule has 4 N–H and O–H groups in total. The highest BCUT2D eigenvalue weighted by molar-refractivity contribution is 5.71. The molecule has 126 valence electrons. The van der Waals surface area contributed by atoms with Gasteiger partial charge in [0.15, 0.2) is 0 Å². The van der Waals surface area contributed by atoms with Crippen LogP contribution < -0.4 is 16.2 Å². The minimum Gasteiger partial charge on any atom is -0.391 e. The molecule has 0 radical (unpaired) electrons. The highest BCUT2D eigenvalue weighted by Crippen LogP contribution is 2.21.